The number of hydrogen-bond acceptors (Lipinski definition) is 10. The van der Waals surface area contributed by atoms with E-state index in [1.807, 2.05) is 0 Å². The number of carbonyl (C=O) groups is 1. The van der Waals surface area contributed by atoms with Crippen LogP contribution in [0.3, 0.4) is 0 Å². The average molecular weight is 449 g/mol. The number of fused-ring (bicyclic) bond motifs is 1. The number of hydrogen-bond donors (Lipinski definition) is 7. The second-order valence-electron chi connectivity index (χ2n) is 10.1. The zero-order chi connectivity index (χ0) is 23.4. The van der Waals surface area contributed by atoms with E-state index < -0.39 is 72.6 Å². The first-order valence-corrected chi connectivity index (χ1v) is 10.9. The fourth-order valence-electron chi connectivity index (χ4n) is 5.53. The Kier molecular flexibility index (Phi) is 6.91. The van der Waals surface area contributed by atoms with E-state index in [0.717, 1.165) is 0 Å². The molecule has 0 aromatic rings. The van der Waals surface area contributed by atoms with Crippen molar-refractivity contribution in [2.24, 2.45) is 17.8 Å². The SMILES string of the molecule is CC(C)(O[C@H]1O[C@@H](CO)[C@H](O)[C@@H](O)[C@@H]1O)[C@@H]1CC[C@](O)(CO)[C@@H]2CC(=O)[C@](C)(O)[C@H]2C1. The lowest BCUT2D eigenvalue weighted by molar-refractivity contribution is -0.329. The molecule has 10 nitrogen and oxygen atoms in total. The zero-order valence-corrected chi connectivity index (χ0v) is 18.2. The maximum absolute atomic E-state index is 12.4. The fourth-order valence-corrected chi connectivity index (χ4v) is 5.53. The third-order valence-corrected chi connectivity index (χ3v) is 7.86. The number of ketones is 1. The highest BCUT2D eigenvalue weighted by Crippen LogP contribution is 2.52. The summed E-state index contributed by atoms with van der Waals surface area (Å²) in [6.45, 7) is 3.81. The summed E-state index contributed by atoms with van der Waals surface area (Å²) in [6.07, 6.45) is -6.14. The largest absolute Gasteiger partial charge is 0.394 e. The minimum atomic E-state index is -1.64. The Morgan fingerprint density at radius 3 is 2.32 bits per heavy atom. The summed E-state index contributed by atoms with van der Waals surface area (Å²) >= 11 is 0. The van der Waals surface area contributed by atoms with Gasteiger partial charge in [0.15, 0.2) is 12.1 Å². The van der Waals surface area contributed by atoms with Crippen LogP contribution < -0.4 is 0 Å². The van der Waals surface area contributed by atoms with Crippen LogP contribution in [0.5, 0.6) is 0 Å². The predicted molar refractivity (Wildman–Crippen MR) is 106 cm³/mol. The molecule has 0 radical (unpaired) electrons. The van der Waals surface area contributed by atoms with Crippen LogP contribution in [0.4, 0.5) is 0 Å². The van der Waals surface area contributed by atoms with Crippen LogP contribution >= 0.6 is 0 Å². The zero-order valence-electron chi connectivity index (χ0n) is 18.2. The quantitative estimate of drug-likeness (QED) is 0.250. The van der Waals surface area contributed by atoms with Crippen molar-refractivity contribution in [1.82, 2.24) is 0 Å². The second-order valence-corrected chi connectivity index (χ2v) is 10.1. The lowest BCUT2D eigenvalue weighted by atomic mass is 9.74. The molecule has 31 heavy (non-hydrogen) atoms. The molecule has 1 saturated heterocycles. The molecule has 1 heterocycles. The summed E-state index contributed by atoms with van der Waals surface area (Å²) < 4.78 is 11.5. The maximum atomic E-state index is 12.4. The molecule has 7 N–H and O–H groups in total. The standard InChI is InChI=1S/C21H36O10/c1-19(2,31-18-17(27)16(26)15(25)13(8-22)30-18)10-4-5-21(29,9-23)12-7-14(24)20(3,28)11(12)6-10/h10-13,15-18,22-23,25-29H,4-9H2,1-3H3/t10-,11+,12-,13+,15+,16-,17+,18-,20-,21+/m1/s1. The monoisotopic (exact) mass is 448 g/mol. The molecule has 0 unspecified atom stereocenters. The maximum Gasteiger partial charge on any atom is 0.187 e. The molecule has 10 heteroatoms. The van der Waals surface area contributed by atoms with Gasteiger partial charge in [0.2, 0.25) is 0 Å². The summed E-state index contributed by atoms with van der Waals surface area (Å²) in [6, 6.07) is 0. The van der Waals surface area contributed by atoms with E-state index in [0.29, 0.717) is 12.8 Å². The number of aliphatic hydroxyl groups is 7. The Morgan fingerprint density at radius 1 is 1.10 bits per heavy atom. The van der Waals surface area contributed by atoms with Crippen molar-refractivity contribution in [2.75, 3.05) is 13.2 Å². The number of Topliss-reactive ketones (excluding diaryl/α,β-unsaturated/α-hetero) is 1. The molecule has 0 aromatic heterocycles. The van der Waals surface area contributed by atoms with Crippen molar-refractivity contribution >= 4 is 5.78 Å². The van der Waals surface area contributed by atoms with Gasteiger partial charge in [0.1, 0.15) is 30.0 Å². The first-order valence-electron chi connectivity index (χ1n) is 10.9. The Labute approximate surface area is 181 Å². The molecule has 0 amide bonds. The second kappa shape index (κ2) is 8.58. The molecule has 180 valence electrons. The summed E-state index contributed by atoms with van der Waals surface area (Å²) in [4.78, 5) is 12.4. The summed E-state index contributed by atoms with van der Waals surface area (Å²) in [5.74, 6) is -1.86. The van der Waals surface area contributed by atoms with E-state index in [2.05, 4.69) is 0 Å². The fraction of sp³-hybridized carbons (Fsp3) is 0.952. The van der Waals surface area contributed by atoms with Gasteiger partial charge >= 0.3 is 0 Å². The van der Waals surface area contributed by atoms with E-state index >= 15 is 0 Å². The Morgan fingerprint density at radius 2 is 1.74 bits per heavy atom. The smallest absolute Gasteiger partial charge is 0.187 e. The Bertz CT molecular complexity index is 665. The van der Waals surface area contributed by atoms with Gasteiger partial charge in [-0.1, -0.05) is 0 Å². The molecule has 1 aliphatic heterocycles. The van der Waals surface area contributed by atoms with Gasteiger partial charge in [0, 0.05) is 18.3 Å². The van der Waals surface area contributed by atoms with Crippen LogP contribution in [0, 0.1) is 17.8 Å². The molecule has 3 rings (SSSR count). The van der Waals surface area contributed by atoms with Gasteiger partial charge < -0.3 is 45.2 Å². The molecule has 0 spiro atoms. The van der Waals surface area contributed by atoms with Crippen molar-refractivity contribution in [1.29, 1.82) is 0 Å². The van der Waals surface area contributed by atoms with Crippen LogP contribution in [0.25, 0.3) is 0 Å². The molecular weight excluding hydrogens is 412 g/mol. The molecule has 0 bridgehead atoms. The summed E-state index contributed by atoms with van der Waals surface area (Å²) in [5.41, 5.74) is -4.15. The van der Waals surface area contributed by atoms with Gasteiger partial charge in [-0.3, -0.25) is 4.79 Å². The molecule has 10 atom stereocenters. The minimum Gasteiger partial charge on any atom is -0.394 e. The summed E-state index contributed by atoms with van der Waals surface area (Å²) in [7, 11) is 0. The Balaban J connectivity index is 1.83. The Hall–Kier alpha value is -0.690. The molecule has 2 aliphatic carbocycles. The molecule has 2 saturated carbocycles. The van der Waals surface area contributed by atoms with Crippen molar-refractivity contribution in [3.05, 3.63) is 0 Å². The van der Waals surface area contributed by atoms with Gasteiger partial charge in [0.25, 0.3) is 0 Å². The number of aliphatic hydroxyl groups excluding tert-OH is 5. The van der Waals surface area contributed by atoms with Gasteiger partial charge in [-0.15, -0.1) is 0 Å². The van der Waals surface area contributed by atoms with Gasteiger partial charge in [0.05, 0.1) is 24.4 Å². The number of ether oxygens (including phenoxy) is 2. The first kappa shape index (κ1) is 24.9. The van der Waals surface area contributed by atoms with Crippen LogP contribution in [-0.2, 0) is 14.3 Å². The van der Waals surface area contributed by atoms with Crippen molar-refractivity contribution in [3.8, 4) is 0 Å². The molecule has 3 aliphatic rings. The lowest BCUT2D eigenvalue weighted by Gasteiger charge is -2.45. The van der Waals surface area contributed by atoms with Crippen LogP contribution in [-0.4, -0.2) is 102 Å². The number of rotatable bonds is 5. The van der Waals surface area contributed by atoms with Gasteiger partial charge in [-0.25, -0.2) is 0 Å². The van der Waals surface area contributed by atoms with Crippen LogP contribution in [0.1, 0.15) is 46.5 Å². The van der Waals surface area contributed by atoms with E-state index in [4.69, 9.17) is 9.47 Å². The highest BCUT2D eigenvalue weighted by molar-refractivity contribution is 5.89. The van der Waals surface area contributed by atoms with E-state index in [9.17, 15) is 40.5 Å². The van der Waals surface area contributed by atoms with E-state index in [-0.39, 0.29) is 24.5 Å². The number of carbonyl (C=O) groups excluding carboxylic acids is 1. The van der Waals surface area contributed by atoms with E-state index in [1.54, 1.807) is 13.8 Å². The molecule has 0 aromatic carbocycles. The highest BCUT2D eigenvalue weighted by atomic mass is 16.7. The predicted octanol–water partition coefficient (Wildman–Crippen LogP) is -1.94. The van der Waals surface area contributed by atoms with Crippen molar-refractivity contribution < 1.29 is 50.0 Å². The topological polar surface area (TPSA) is 177 Å². The lowest BCUT2D eigenvalue weighted by Crippen LogP contribution is -2.61. The first-order chi connectivity index (χ1) is 14.3. The van der Waals surface area contributed by atoms with E-state index in [1.165, 1.54) is 6.92 Å². The van der Waals surface area contributed by atoms with Crippen molar-refractivity contribution in [2.45, 2.75) is 94.0 Å². The molecule has 3 fully saturated rings. The third-order valence-electron chi connectivity index (χ3n) is 7.86. The summed E-state index contributed by atoms with van der Waals surface area (Å²) in [5, 5.41) is 71.5. The molecular formula is C21H36O10. The van der Waals surface area contributed by atoms with Crippen LogP contribution in [0.2, 0.25) is 0 Å². The third kappa shape index (κ3) is 4.30. The van der Waals surface area contributed by atoms with Gasteiger partial charge in [-0.2, -0.15) is 0 Å². The normalized spacial score (nSPS) is 49.0. The van der Waals surface area contributed by atoms with Crippen molar-refractivity contribution in [3.63, 3.8) is 0 Å². The average Bonchev–Trinajstić information content (AvgIpc) is 2.84. The van der Waals surface area contributed by atoms with Crippen LogP contribution in [0.15, 0.2) is 0 Å². The minimum absolute atomic E-state index is 0.0184. The highest BCUT2D eigenvalue weighted by Gasteiger charge is 2.60. The van der Waals surface area contributed by atoms with Gasteiger partial charge in [-0.05, 0) is 46.0 Å².